The lowest BCUT2D eigenvalue weighted by Crippen LogP contribution is -2.41. The molecule has 152 valence electrons. The van der Waals surface area contributed by atoms with Gasteiger partial charge in [0.05, 0.1) is 10.7 Å². The summed E-state index contributed by atoms with van der Waals surface area (Å²) in [4.78, 5) is 25.0. The molecule has 0 amide bonds. The van der Waals surface area contributed by atoms with E-state index in [9.17, 15) is 27.2 Å². The molecule has 4 nitrogen and oxygen atoms in total. The summed E-state index contributed by atoms with van der Waals surface area (Å²) in [5, 5.41) is -0.0430. The Bertz CT molecular complexity index is 1030. The molecule has 0 bridgehead atoms. The topological polar surface area (TPSA) is 44.0 Å². The summed E-state index contributed by atoms with van der Waals surface area (Å²) < 4.78 is 54.0. The first-order chi connectivity index (χ1) is 12.9. The zero-order valence-electron chi connectivity index (χ0n) is 15.2. The lowest BCUT2D eigenvalue weighted by atomic mass is 10.1. The highest BCUT2D eigenvalue weighted by atomic mass is 35.5. The highest BCUT2D eigenvalue weighted by Gasteiger charge is 2.35. The maximum Gasteiger partial charge on any atom is 0.431 e. The van der Waals surface area contributed by atoms with Crippen LogP contribution in [0.5, 0.6) is 0 Å². The Kier molecular flexibility index (Phi) is 6.50. The fourth-order valence-corrected chi connectivity index (χ4v) is 3.80. The monoisotopic (exact) mass is 436 g/mol. The molecule has 1 unspecified atom stereocenters. The molecule has 1 heterocycles. The zero-order valence-corrected chi connectivity index (χ0v) is 16.8. The highest BCUT2D eigenvalue weighted by Crippen LogP contribution is 2.36. The molecule has 0 aliphatic carbocycles. The van der Waals surface area contributed by atoms with E-state index in [1.807, 2.05) is 13.8 Å². The van der Waals surface area contributed by atoms with Crippen molar-refractivity contribution >= 4 is 23.4 Å². The van der Waals surface area contributed by atoms with Gasteiger partial charge < -0.3 is 0 Å². The van der Waals surface area contributed by atoms with Crippen LogP contribution in [0.15, 0.2) is 45.3 Å². The Morgan fingerprint density at radius 2 is 1.82 bits per heavy atom. The number of hydrogen-bond donors (Lipinski definition) is 0. The molecule has 10 heteroatoms. The van der Waals surface area contributed by atoms with Gasteiger partial charge in [-0.1, -0.05) is 31.5 Å². The highest BCUT2D eigenvalue weighted by molar-refractivity contribution is 8.00. The number of aromatic nitrogens is 2. The summed E-state index contributed by atoms with van der Waals surface area (Å²) in [6.45, 7) is 7.60. The maximum absolute atomic E-state index is 14.5. The molecule has 0 N–H and O–H groups in total. The van der Waals surface area contributed by atoms with E-state index in [1.165, 1.54) is 17.8 Å². The van der Waals surface area contributed by atoms with Crippen molar-refractivity contribution in [3.63, 3.8) is 0 Å². The minimum atomic E-state index is -4.90. The second-order valence-corrected chi connectivity index (χ2v) is 7.97. The molecule has 1 atom stereocenters. The average Bonchev–Trinajstić information content (AvgIpc) is 2.57. The predicted octanol–water partition coefficient (Wildman–Crippen LogP) is 4.65. The van der Waals surface area contributed by atoms with Gasteiger partial charge in [0.25, 0.3) is 5.56 Å². The standard InChI is InChI=1S/C18H17ClF4N2O2S/c1-5-13(9(2)3)28-14-7-12(11(20)6-10(14)19)25-16(26)8-15(18(21,22)23)24(4)17(25)27/h5-9,13H,1H2,2-4H3. The van der Waals surface area contributed by atoms with Gasteiger partial charge in [0, 0.05) is 23.3 Å². The first-order valence-corrected chi connectivity index (χ1v) is 9.33. The lowest BCUT2D eigenvalue weighted by Gasteiger charge is -2.18. The van der Waals surface area contributed by atoms with Gasteiger partial charge in [0.1, 0.15) is 11.5 Å². The van der Waals surface area contributed by atoms with Crippen molar-refractivity contribution in [3.8, 4) is 5.69 Å². The largest absolute Gasteiger partial charge is 0.431 e. The maximum atomic E-state index is 14.5. The number of benzene rings is 1. The summed E-state index contributed by atoms with van der Waals surface area (Å²) in [5.41, 5.74) is -4.51. The van der Waals surface area contributed by atoms with Crippen LogP contribution in [0.2, 0.25) is 5.02 Å². The van der Waals surface area contributed by atoms with Gasteiger partial charge in [0.15, 0.2) is 0 Å². The van der Waals surface area contributed by atoms with E-state index in [4.69, 9.17) is 11.6 Å². The molecule has 0 radical (unpaired) electrons. The SMILES string of the molecule is C=CC(Sc1cc(-n2c(=O)cc(C(F)(F)F)n(C)c2=O)c(F)cc1Cl)C(C)C. The predicted molar refractivity (Wildman–Crippen MR) is 102 cm³/mol. The van der Waals surface area contributed by atoms with Crippen molar-refractivity contribution in [2.45, 2.75) is 30.2 Å². The van der Waals surface area contributed by atoms with Gasteiger partial charge in [-0.2, -0.15) is 13.2 Å². The summed E-state index contributed by atoms with van der Waals surface area (Å²) in [5.74, 6) is -0.846. The molecule has 0 aliphatic rings. The summed E-state index contributed by atoms with van der Waals surface area (Å²) in [6, 6.07) is 2.35. The van der Waals surface area contributed by atoms with Crippen LogP contribution in [0.3, 0.4) is 0 Å². The second-order valence-electron chi connectivity index (χ2n) is 6.34. The quantitative estimate of drug-likeness (QED) is 0.389. The molecule has 2 rings (SSSR count). The number of nitrogens with zero attached hydrogens (tertiary/aromatic N) is 2. The van der Waals surface area contributed by atoms with Crippen LogP contribution in [-0.2, 0) is 13.2 Å². The van der Waals surface area contributed by atoms with Crippen LogP contribution in [0.4, 0.5) is 17.6 Å². The minimum absolute atomic E-state index is 0.0514. The fourth-order valence-electron chi connectivity index (χ4n) is 2.50. The van der Waals surface area contributed by atoms with E-state index < -0.39 is 34.6 Å². The zero-order chi connectivity index (χ0) is 21.4. The minimum Gasteiger partial charge on any atom is -0.292 e. The number of halogens is 5. The third-order valence-electron chi connectivity index (χ3n) is 4.01. The molecule has 2 aromatic rings. The number of alkyl halides is 3. The van der Waals surface area contributed by atoms with Crippen LogP contribution < -0.4 is 11.2 Å². The molecule has 1 aromatic heterocycles. The normalized spacial score (nSPS) is 13.0. The van der Waals surface area contributed by atoms with Crippen LogP contribution in [0.1, 0.15) is 19.5 Å². The Morgan fingerprint density at radius 3 is 2.32 bits per heavy atom. The molecule has 28 heavy (non-hydrogen) atoms. The van der Waals surface area contributed by atoms with Crippen LogP contribution in [0.25, 0.3) is 5.69 Å². The van der Waals surface area contributed by atoms with Crippen LogP contribution >= 0.6 is 23.4 Å². The molecule has 0 aliphatic heterocycles. The Labute approximate surface area is 167 Å². The fraction of sp³-hybridized carbons (Fsp3) is 0.333. The van der Waals surface area contributed by atoms with Gasteiger partial charge in [-0.3, -0.25) is 9.36 Å². The Morgan fingerprint density at radius 1 is 1.21 bits per heavy atom. The summed E-state index contributed by atoms with van der Waals surface area (Å²) in [6.07, 6.45) is -3.22. The first-order valence-electron chi connectivity index (χ1n) is 8.07. The van der Waals surface area contributed by atoms with E-state index in [2.05, 4.69) is 6.58 Å². The van der Waals surface area contributed by atoms with Crippen molar-refractivity contribution in [2.24, 2.45) is 13.0 Å². The first kappa shape index (κ1) is 22.3. The van der Waals surface area contributed by atoms with Gasteiger partial charge in [-0.15, -0.1) is 18.3 Å². The smallest absolute Gasteiger partial charge is 0.292 e. The molecule has 0 spiro atoms. The lowest BCUT2D eigenvalue weighted by molar-refractivity contribution is -0.144. The Balaban J connectivity index is 2.71. The van der Waals surface area contributed by atoms with Crippen molar-refractivity contribution < 1.29 is 17.6 Å². The third-order valence-corrected chi connectivity index (χ3v) is 6.03. The van der Waals surface area contributed by atoms with Gasteiger partial charge in [0.2, 0.25) is 0 Å². The van der Waals surface area contributed by atoms with Crippen molar-refractivity contribution in [1.29, 1.82) is 0 Å². The van der Waals surface area contributed by atoms with E-state index in [1.54, 1.807) is 6.08 Å². The van der Waals surface area contributed by atoms with Crippen LogP contribution in [-0.4, -0.2) is 14.4 Å². The molecule has 0 fully saturated rings. The van der Waals surface area contributed by atoms with Crippen molar-refractivity contribution in [1.82, 2.24) is 9.13 Å². The van der Waals surface area contributed by atoms with Crippen molar-refractivity contribution in [2.75, 3.05) is 0 Å². The molecule has 0 saturated heterocycles. The van der Waals surface area contributed by atoms with Gasteiger partial charge >= 0.3 is 11.9 Å². The van der Waals surface area contributed by atoms with E-state index >= 15 is 0 Å². The van der Waals surface area contributed by atoms with Gasteiger partial charge in [-0.05, 0) is 18.1 Å². The molecular weight excluding hydrogens is 420 g/mol. The summed E-state index contributed by atoms with van der Waals surface area (Å²) in [7, 11) is 0.858. The number of thioether (sulfide) groups is 1. The molecular formula is C18H17ClF4N2O2S. The summed E-state index contributed by atoms with van der Waals surface area (Å²) >= 11 is 7.32. The third kappa shape index (κ3) is 4.35. The van der Waals surface area contributed by atoms with E-state index in [0.29, 0.717) is 9.46 Å². The molecule has 0 saturated carbocycles. The molecule has 1 aromatic carbocycles. The second kappa shape index (κ2) is 8.16. The van der Waals surface area contributed by atoms with E-state index in [0.717, 1.165) is 13.1 Å². The van der Waals surface area contributed by atoms with Gasteiger partial charge in [-0.25, -0.2) is 13.8 Å². The van der Waals surface area contributed by atoms with Crippen LogP contribution in [0, 0.1) is 11.7 Å². The van der Waals surface area contributed by atoms with E-state index in [-0.39, 0.29) is 26.8 Å². The number of hydrogen-bond acceptors (Lipinski definition) is 3. The van der Waals surface area contributed by atoms with Crippen molar-refractivity contribution in [3.05, 3.63) is 68.2 Å². The Hall–Kier alpha value is -2.00. The number of rotatable bonds is 5. The average molecular weight is 437 g/mol.